The fourth-order valence-corrected chi connectivity index (χ4v) is 4.75. The third kappa shape index (κ3) is 3.26. The molecule has 0 aromatic heterocycles. The molecule has 8 heteroatoms. The summed E-state index contributed by atoms with van der Waals surface area (Å²) in [6.07, 6.45) is 2.19. The molecule has 0 unspecified atom stereocenters. The van der Waals surface area contributed by atoms with Crippen LogP contribution in [0.3, 0.4) is 0 Å². The highest BCUT2D eigenvalue weighted by molar-refractivity contribution is 7.89. The van der Waals surface area contributed by atoms with Crippen LogP contribution in [0.1, 0.15) is 18.4 Å². The number of fused-ring (bicyclic) bond motifs is 1. The van der Waals surface area contributed by atoms with Crippen LogP contribution in [0.2, 0.25) is 0 Å². The van der Waals surface area contributed by atoms with Gasteiger partial charge in [-0.1, -0.05) is 6.07 Å². The number of carbonyl (C=O) groups is 1. The maximum atomic E-state index is 13.4. The fraction of sp³-hybridized carbons (Fsp3) is 0.611. The third-order valence-electron chi connectivity index (χ3n) is 5.41. The van der Waals surface area contributed by atoms with Gasteiger partial charge < -0.3 is 15.0 Å². The van der Waals surface area contributed by atoms with E-state index < -0.39 is 15.4 Å². The summed E-state index contributed by atoms with van der Waals surface area (Å²) in [6.45, 7) is 2.53. The molecular formula is C18H27N3O4S. The smallest absolute Gasteiger partial charge is 0.242 e. The Morgan fingerprint density at radius 2 is 2.00 bits per heavy atom. The molecule has 1 amide bonds. The Balaban J connectivity index is 1.96. The topological polar surface area (TPSA) is 79.0 Å². The lowest BCUT2D eigenvalue weighted by molar-refractivity contribution is -0.133. The van der Waals surface area contributed by atoms with E-state index in [-0.39, 0.29) is 10.8 Å². The molecular weight excluding hydrogens is 354 g/mol. The van der Waals surface area contributed by atoms with Gasteiger partial charge in [-0.3, -0.25) is 4.79 Å². The Hall–Kier alpha value is -1.48. The number of rotatable bonds is 5. The zero-order valence-corrected chi connectivity index (χ0v) is 16.4. The molecule has 1 saturated heterocycles. The number of piperidine rings is 1. The monoisotopic (exact) mass is 381 g/mol. The van der Waals surface area contributed by atoms with Crippen molar-refractivity contribution < 1.29 is 17.9 Å². The summed E-state index contributed by atoms with van der Waals surface area (Å²) in [5, 5.41) is 3.29. The molecule has 1 aromatic carbocycles. The van der Waals surface area contributed by atoms with Crippen molar-refractivity contribution in [2.24, 2.45) is 5.41 Å². The van der Waals surface area contributed by atoms with Gasteiger partial charge in [-0.2, -0.15) is 0 Å². The molecule has 0 spiro atoms. The Morgan fingerprint density at radius 3 is 2.62 bits per heavy atom. The lowest BCUT2D eigenvalue weighted by Crippen LogP contribution is -2.51. The standard InChI is InChI=1S/C18H27N3O4S/c1-20(2)26(23,24)15-5-4-14-6-11-21(16(14)12-15)17(22)18(13-25-3)7-9-19-10-8-18/h4-5,12,19H,6-11,13H2,1-3H3. The van der Waals surface area contributed by atoms with E-state index in [1.165, 1.54) is 18.4 Å². The second-order valence-electron chi connectivity index (χ2n) is 7.25. The largest absolute Gasteiger partial charge is 0.384 e. The fourth-order valence-electron chi connectivity index (χ4n) is 3.83. The lowest BCUT2D eigenvalue weighted by atomic mass is 9.78. The number of carbonyl (C=O) groups excluding carboxylic acids is 1. The number of methoxy groups -OCH3 is 1. The second-order valence-corrected chi connectivity index (χ2v) is 9.40. The molecule has 1 aromatic rings. The van der Waals surface area contributed by atoms with Gasteiger partial charge in [-0.05, 0) is 50.0 Å². The van der Waals surface area contributed by atoms with Crippen LogP contribution in [0.15, 0.2) is 23.1 Å². The molecule has 2 aliphatic heterocycles. The molecule has 144 valence electrons. The number of hydrogen-bond acceptors (Lipinski definition) is 5. The number of nitrogens with one attached hydrogen (secondary N) is 1. The van der Waals surface area contributed by atoms with E-state index in [2.05, 4.69) is 5.32 Å². The molecule has 0 saturated carbocycles. The van der Waals surface area contributed by atoms with E-state index in [4.69, 9.17) is 4.74 Å². The zero-order chi connectivity index (χ0) is 18.9. The van der Waals surface area contributed by atoms with Crippen molar-refractivity contribution >= 4 is 21.6 Å². The number of nitrogens with zero attached hydrogens (tertiary/aromatic N) is 2. The predicted molar refractivity (Wildman–Crippen MR) is 99.8 cm³/mol. The van der Waals surface area contributed by atoms with Crippen LogP contribution in [0, 0.1) is 5.41 Å². The van der Waals surface area contributed by atoms with Gasteiger partial charge in [0.2, 0.25) is 15.9 Å². The minimum Gasteiger partial charge on any atom is -0.384 e. The van der Waals surface area contributed by atoms with Crippen molar-refractivity contribution in [2.75, 3.05) is 52.3 Å². The number of amides is 1. The molecule has 0 bridgehead atoms. The van der Waals surface area contributed by atoms with E-state index in [1.54, 1.807) is 24.1 Å². The Morgan fingerprint density at radius 1 is 1.31 bits per heavy atom. The average molecular weight is 381 g/mol. The van der Waals surface area contributed by atoms with Crippen LogP contribution in [0.5, 0.6) is 0 Å². The Bertz CT molecular complexity index is 780. The van der Waals surface area contributed by atoms with Crippen molar-refractivity contribution in [3.63, 3.8) is 0 Å². The summed E-state index contributed by atoms with van der Waals surface area (Å²) in [5.41, 5.74) is 1.18. The molecule has 2 aliphatic rings. The van der Waals surface area contributed by atoms with Crippen molar-refractivity contribution in [3.05, 3.63) is 23.8 Å². The first-order valence-electron chi connectivity index (χ1n) is 8.89. The number of benzene rings is 1. The van der Waals surface area contributed by atoms with Crippen molar-refractivity contribution in [1.82, 2.24) is 9.62 Å². The quantitative estimate of drug-likeness (QED) is 0.818. The Kier molecular flexibility index (Phi) is 5.39. The highest BCUT2D eigenvalue weighted by Crippen LogP contribution is 2.38. The first kappa shape index (κ1) is 19.3. The molecule has 0 atom stereocenters. The van der Waals surface area contributed by atoms with Crippen LogP contribution >= 0.6 is 0 Å². The van der Waals surface area contributed by atoms with E-state index in [0.29, 0.717) is 18.8 Å². The molecule has 7 nitrogen and oxygen atoms in total. The molecule has 3 rings (SSSR count). The maximum Gasteiger partial charge on any atom is 0.242 e. The zero-order valence-electron chi connectivity index (χ0n) is 15.6. The second kappa shape index (κ2) is 7.26. The van der Waals surface area contributed by atoms with Gasteiger partial charge >= 0.3 is 0 Å². The SMILES string of the molecule is COCC1(C(=O)N2CCc3ccc(S(=O)(=O)N(C)C)cc32)CCNCC1. The van der Waals surface area contributed by atoms with Gasteiger partial charge in [-0.25, -0.2) is 12.7 Å². The number of sulfonamides is 1. The molecule has 26 heavy (non-hydrogen) atoms. The molecule has 1 N–H and O–H groups in total. The predicted octanol–water partition coefficient (Wildman–Crippen LogP) is 0.842. The maximum absolute atomic E-state index is 13.4. The van der Waals surface area contributed by atoms with Crippen LogP contribution in [0.25, 0.3) is 0 Å². The Labute approximate surface area is 155 Å². The summed E-state index contributed by atoms with van der Waals surface area (Å²) in [4.78, 5) is 15.4. The van der Waals surface area contributed by atoms with Crippen LogP contribution in [-0.2, 0) is 26.0 Å². The van der Waals surface area contributed by atoms with E-state index in [0.717, 1.165) is 37.9 Å². The summed E-state index contributed by atoms with van der Waals surface area (Å²) in [7, 11) is 1.10. The average Bonchev–Trinajstić information content (AvgIpc) is 3.05. The molecule has 0 radical (unpaired) electrons. The number of anilines is 1. The van der Waals surface area contributed by atoms with Gasteiger partial charge in [0.15, 0.2) is 0 Å². The van der Waals surface area contributed by atoms with Gasteiger partial charge in [0, 0.05) is 33.4 Å². The van der Waals surface area contributed by atoms with Crippen LogP contribution in [0.4, 0.5) is 5.69 Å². The summed E-state index contributed by atoms with van der Waals surface area (Å²) in [5.74, 6) is 0.0407. The first-order chi connectivity index (χ1) is 12.3. The van der Waals surface area contributed by atoms with Gasteiger partial charge in [-0.15, -0.1) is 0 Å². The van der Waals surface area contributed by atoms with Crippen LogP contribution < -0.4 is 10.2 Å². The normalized spacial score (nSPS) is 19.6. The molecule has 1 fully saturated rings. The number of hydrogen-bond donors (Lipinski definition) is 1. The summed E-state index contributed by atoms with van der Waals surface area (Å²) in [6, 6.07) is 5.08. The van der Waals surface area contributed by atoms with Crippen molar-refractivity contribution in [1.29, 1.82) is 0 Å². The minimum absolute atomic E-state index is 0.0407. The van der Waals surface area contributed by atoms with Gasteiger partial charge in [0.1, 0.15) is 0 Å². The van der Waals surface area contributed by atoms with Crippen LogP contribution in [-0.4, -0.2) is 66.1 Å². The summed E-state index contributed by atoms with van der Waals surface area (Å²) >= 11 is 0. The van der Waals surface area contributed by atoms with E-state index >= 15 is 0 Å². The third-order valence-corrected chi connectivity index (χ3v) is 7.22. The van der Waals surface area contributed by atoms with Crippen molar-refractivity contribution in [2.45, 2.75) is 24.2 Å². The van der Waals surface area contributed by atoms with E-state index in [1.807, 2.05) is 6.07 Å². The molecule has 0 aliphatic carbocycles. The number of ether oxygens (including phenoxy) is 1. The van der Waals surface area contributed by atoms with Gasteiger partial charge in [0.05, 0.1) is 16.9 Å². The minimum atomic E-state index is -3.54. The first-order valence-corrected chi connectivity index (χ1v) is 10.3. The lowest BCUT2D eigenvalue weighted by Gasteiger charge is -2.38. The highest BCUT2D eigenvalue weighted by atomic mass is 32.2. The van der Waals surface area contributed by atoms with Crippen molar-refractivity contribution in [3.8, 4) is 0 Å². The highest BCUT2D eigenvalue weighted by Gasteiger charge is 2.44. The van der Waals surface area contributed by atoms with Gasteiger partial charge in [0.25, 0.3) is 0 Å². The molecule has 2 heterocycles. The van der Waals surface area contributed by atoms with E-state index in [9.17, 15) is 13.2 Å². The summed E-state index contributed by atoms with van der Waals surface area (Å²) < 4.78 is 31.5.